The van der Waals surface area contributed by atoms with Gasteiger partial charge in [0.15, 0.2) is 0 Å². The number of sulfonamides is 1. The molecule has 0 atom stereocenters. The molecule has 0 unspecified atom stereocenters. The van der Waals surface area contributed by atoms with Gasteiger partial charge in [-0.15, -0.1) is 0 Å². The second-order valence-corrected chi connectivity index (χ2v) is 7.49. The lowest BCUT2D eigenvalue weighted by molar-refractivity contribution is 0.197. The highest BCUT2D eigenvalue weighted by Crippen LogP contribution is 2.23. The first-order valence-electron chi connectivity index (χ1n) is 6.79. The molecule has 0 radical (unpaired) electrons. The summed E-state index contributed by atoms with van der Waals surface area (Å²) in [5.41, 5.74) is 0.598. The average Bonchev–Trinajstić information content (AvgIpc) is 2.80. The third-order valence-electron chi connectivity index (χ3n) is 4.12. The smallest absolute Gasteiger partial charge is 0.244 e. The monoisotopic (exact) mass is 301 g/mol. The fourth-order valence-electron chi connectivity index (χ4n) is 2.60. The van der Waals surface area contributed by atoms with E-state index in [1.807, 2.05) is 0 Å². The van der Waals surface area contributed by atoms with E-state index >= 15 is 0 Å². The second kappa shape index (κ2) is 5.85. The van der Waals surface area contributed by atoms with Gasteiger partial charge < -0.3 is 14.6 Å². The lowest BCUT2D eigenvalue weighted by atomic mass is 10.1. The van der Waals surface area contributed by atoms with Crippen molar-refractivity contribution >= 4 is 10.0 Å². The Hall–Kier alpha value is -0.890. The van der Waals surface area contributed by atoms with E-state index in [1.165, 1.54) is 4.31 Å². The highest BCUT2D eigenvalue weighted by atomic mass is 32.2. The summed E-state index contributed by atoms with van der Waals surface area (Å²) in [5, 5.41) is 9.18. The summed E-state index contributed by atoms with van der Waals surface area (Å²) in [7, 11) is 1.95. The fourth-order valence-corrected chi connectivity index (χ4v) is 4.11. The van der Waals surface area contributed by atoms with Crippen LogP contribution in [0.3, 0.4) is 0 Å². The van der Waals surface area contributed by atoms with E-state index in [9.17, 15) is 13.5 Å². The number of aromatic nitrogens is 1. The van der Waals surface area contributed by atoms with Crippen LogP contribution in [0.25, 0.3) is 0 Å². The number of rotatable bonds is 4. The number of piperidine rings is 1. The molecular formula is C13H23N3O3S. The first-order valence-corrected chi connectivity index (χ1v) is 8.23. The highest BCUT2D eigenvalue weighted by molar-refractivity contribution is 7.89. The molecule has 114 valence electrons. The fraction of sp³-hybridized carbons (Fsp3) is 0.692. The van der Waals surface area contributed by atoms with Gasteiger partial charge in [0.1, 0.15) is 4.90 Å². The first kappa shape index (κ1) is 15.5. The molecule has 20 heavy (non-hydrogen) atoms. The molecule has 1 N–H and O–H groups in total. The van der Waals surface area contributed by atoms with Crippen LogP contribution in [-0.4, -0.2) is 60.5 Å². The molecule has 1 aliphatic heterocycles. The Morgan fingerprint density at radius 3 is 2.45 bits per heavy atom. The maximum atomic E-state index is 12.6. The van der Waals surface area contributed by atoms with Gasteiger partial charge in [-0.1, -0.05) is 0 Å². The van der Waals surface area contributed by atoms with E-state index < -0.39 is 10.0 Å². The van der Waals surface area contributed by atoms with Gasteiger partial charge in [-0.25, -0.2) is 8.42 Å². The van der Waals surface area contributed by atoms with Crippen molar-refractivity contribution in [3.63, 3.8) is 0 Å². The molecule has 0 amide bonds. The molecule has 0 bridgehead atoms. The van der Waals surface area contributed by atoms with Gasteiger partial charge >= 0.3 is 0 Å². The second-order valence-electron chi connectivity index (χ2n) is 5.49. The van der Waals surface area contributed by atoms with Crippen molar-refractivity contribution in [1.82, 2.24) is 13.8 Å². The minimum absolute atomic E-state index is 0.0500. The molecule has 6 nitrogen and oxygen atoms in total. The van der Waals surface area contributed by atoms with E-state index in [-0.39, 0.29) is 17.5 Å². The Morgan fingerprint density at radius 1 is 1.35 bits per heavy atom. The zero-order valence-corrected chi connectivity index (χ0v) is 13.1. The minimum atomic E-state index is -3.48. The maximum Gasteiger partial charge on any atom is 0.244 e. The quantitative estimate of drug-likeness (QED) is 0.865. The van der Waals surface area contributed by atoms with Crippen molar-refractivity contribution in [1.29, 1.82) is 0 Å². The molecule has 0 spiro atoms. The molecule has 2 rings (SSSR count). The molecule has 0 saturated carbocycles. The Kier molecular flexibility index (Phi) is 4.53. The average molecular weight is 301 g/mol. The Morgan fingerprint density at radius 2 is 1.95 bits per heavy atom. The standard InChI is InChI=1S/C13H23N3O3S/c1-14-6-4-11(5-7-14)16(3)20(18,19)13-8-12(10-17)15(2)9-13/h8-9,11,17H,4-7,10H2,1-3H3. The number of nitrogens with zero attached hydrogens (tertiary/aromatic N) is 3. The van der Waals surface area contributed by atoms with Crippen molar-refractivity contribution in [2.75, 3.05) is 27.2 Å². The molecule has 1 aliphatic rings. The molecular weight excluding hydrogens is 278 g/mol. The van der Waals surface area contributed by atoms with Crippen LogP contribution in [0.4, 0.5) is 0 Å². The summed E-state index contributed by atoms with van der Waals surface area (Å²) in [4.78, 5) is 2.47. The van der Waals surface area contributed by atoms with Crippen LogP contribution in [0.2, 0.25) is 0 Å². The summed E-state index contributed by atoms with van der Waals surface area (Å²) in [6.07, 6.45) is 3.27. The summed E-state index contributed by atoms with van der Waals surface area (Å²) in [6, 6.07) is 1.59. The normalized spacial score (nSPS) is 18.9. The molecule has 1 aromatic rings. The van der Waals surface area contributed by atoms with Gasteiger partial charge in [-0.3, -0.25) is 0 Å². The zero-order valence-electron chi connectivity index (χ0n) is 12.3. The third kappa shape index (κ3) is 2.90. The SMILES string of the molecule is CN1CCC(N(C)S(=O)(=O)c2cc(CO)n(C)c2)CC1. The molecule has 1 saturated heterocycles. The molecule has 7 heteroatoms. The highest BCUT2D eigenvalue weighted by Gasteiger charge is 2.31. The van der Waals surface area contributed by atoms with Gasteiger partial charge in [0.25, 0.3) is 0 Å². The zero-order chi connectivity index (χ0) is 14.9. The lowest BCUT2D eigenvalue weighted by Gasteiger charge is -2.34. The number of aliphatic hydroxyl groups is 1. The van der Waals surface area contributed by atoms with E-state index in [0.29, 0.717) is 5.69 Å². The molecule has 2 heterocycles. The van der Waals surface area contributed by atoms with Crippen molar-refractivity contribution in [3.8, 4) is 0 Å². The molecule has 0 aromatic carbocycles. The topological polar surface area (TPSA) is 65.8 Å². The third-order valence-corrected chi connectivity index (χ3v) is 6.00. The van der Waals surface area contributed by atoms with Gasteiger partial charge in [-0.05, 0) is 39.0 Å². The van der Waals surface area contributed by atoms with E-state index in [4.69, 9.17) is 0 Å². The van der Waals surface area contributed by atoms with Crippen LogP contribution >= 0.6 is 0 Å². The van der Waals surface area contributed by atoms with Crippen LogP contribution in [0.15, 0.2) is 17.2 Å². The van der Waals surface area contributed by atoms with Crippen molar-refractivity contribution in [2.24, 2.45) is 7.05 Å². The van der Waals surface area contributed by atoms with Gasteiger partial charge in [0.2, 0.25) is 10.0 Å². The Balaban J connectivity index is 2.20. The number of aryl methyl sites for hydroxylation is 1. The van der Waals surface area contributed by atoms with Crippen LogP contribution < -0.4 is 0 Å². The van der Waals surface area contributed by atoms with Crippen molar-refractivity contribution in [2.45, 2.75) is 30.4 Å². The number of likely N-dealkylation sites (tertiary alicyclic amines) is 1. The number of aliphatic hydroxyl groups excluding tert-OH is 1. The summed E-state index contributed by atoms with van der Waals surface area (Å²) < 4.78 is 28.4. The molecule has 0 aliphatic carbocycles. The largest absolute Gasteiger partial charge is 0.390 e. The Bertz CT molecular complexity index is 559. The van der Waals surface area contributed by atoms with Crippen LogP contribution in [-0.2, 0) is 23.7 Å². The van der Waals surface area contributed by atoms with E-state index in [1.54, 1.807) is 30.9 Å². The maximum absolute atomic E-state index is 12.6. The van der Waals surface area contributed by atoms with E-state index in [2.05, 4.69) is 11.9 Å². The minimum Gasteiger partial charge on any atom is -0.390 e. The van der Waals surface area contributed by atoms with Crippen molar-refractivity contribution < 1.29 is 13.5 Å². The van der Waals surface area contributed by atoms with Crippen LogP contribution in [0, 0.1) is 0 Å². The van der Waals surface area contributed by atoms with Crippen molar-refractivity contribution in [3.05, 3.63) is 18.0 Å². The first-order chi connectivity index (χ1) is 9.36. The van der Waals surface area contributed by atoms with Crippen LogP contribution in [0.5, 0.6) is 0 Å². The predicted molar refractivity (Wildman–Crippen MR) is 76.8 cm³/mol. The summed E-state index contributed by atoms with van der Waals surface area (Å²) in [5.74, 6) is 0. The predicted octanol–water partition coefficient (Wildman–Crippen LogP) is 0.232. The molecule has 1 fully saturated rings. The molecule has 1 aromatic heterocycles. The number of hydrogen-bond donors (Lipinski definition) is 1. The van der Waals surface area contributed by atoms with Crippen LogP contribution in [0.1, 0.15) is 18.5 Å². The van der Waals surface area contributed by atoms with E-state index in [0.717, 1.165) is 25.9 Å². The number of hydrogen-bond acceptors (Lipinski definition) is 4. The van der Waals surface area contributed by atoms with Gasteiger partial charge in [-0.2, -0.15) is 4.31 Å². The van der Waals surface area contributed by atoms with Gasteiger partial charge in [0, 0.05) is 32.0 Å². The summed E-state index contributed by atoms with van der Waals surface area (Å²) >= 11 is 0. The lowest BCUT2D eigenvalue weighted by Crippen LogP contribution is -2.44. The summed E-state index contributed by atoms with van der Waals surface area (Å²) in [6.45, 7) is 1.67. The Labute approximate surface area is 120 Å². The van der Waals surface area contributed by atoms with Gasteiger partial charge in [0.05, 0.1) is 6.61 Å².